The van der Waals surface area contributed by atoms with Crippen molar-refractivity contribution in [1.29, 1.82) is 0 Å². The second-order valence-corrected chi connectivity index (χ2v) is 14.6. The lowest BCUT2D eigenvalue weighted by molar-refractivity contribution is -0.150. The normalized spacial score (nSPS) is 23.9. The lowest BCUT2D eigenvalue weighted by atomic mass is 10.1. The van der Waals surface area contributed by atoms with Gasteiger partial charge in [-0.05, 0) is 37.5 Å². The van der Waals surface area contributed by atoms with Gasteiger partial charge in [0.25, 0.3) is 0 Å². The maximum Gasteiger partial charge on any atom is 0.192 e. The van der Waals surface area contributed by atoms with E-state index in [1.807, 2.05) is 44.2 Å². The van der Waals surface area contributed by atoms with E-state index in [1.165, 1.54) is 0 Å². The maximum absolute atomic E-state index is 6.62. The predicted octanol–water partition coefficient (Wildman–Crippen LogP) is 5.49. The lowest BCUT2D eigenvalue weighted by Crippen LogP contribution is -2.50. The van der Waals surface area contributed by atoms with Gasteiger partial charge in [0, 0.05) is 5.33 Å². The van der Waals surface area contributed by atoms with E-state index < -0.39 is 14.1 Å². The Labute approximate surface area is 179 Å². The van der Waals surface area contributed by atoms with Crippen LogP contribution in [0.4, 0.5) is 0 Å². The predicted molar refractivity (Wildman–Crippen MR) is 119 cm³/mol. The smallest absolute Gasteiger partial charge is 0.192 e. The summed E-state index contributed by atoms with van der Waals surface area (Å²) in [5, 5.41) is 4.92. The molecule has 3 atom stereocenters. The number of oxime groups is 1. The molecule has 1 aromatic rings. The third kappa shape index (κ3) is 6.39. The van der Waals surface area contributed by atoms with E-state index in [-0.39, 0.29) is 23.4 Å². The topological polar surface area (TPSA) is 49.3 Å². The molecule has 1 aromatic carbocycles. The summed E-state index contributed by atoms with van der Waals surface area (Å²) in [6.07, 6.45) is 0.964. The molecule has 0 unspecified atom stereocenters. The summed E-state index contributed by atoms with van der Waals surface area (Å²) < 4.78 is 18.9. The molecule has 2 rings (SSSR count). The fourth-order valence-electron chi connectivity index (χ4n) is 2.75. The first-order valence-corrected chi connectivity index (χ1v) is 13.8. The largest absolute Gasteiger partial charge is 0.410 e. The van der Waals surface area contributed by atoms with Crippen LogP contribution in [0.1, 0.15) is 40.2 Å². The molecule has 0 bridgehead atoms. The molecule has 1 aliphatic heterocycles. The molecular weight excluding hydrogens is 438 g/mol. The van der Waals surface area contributed by atoms with Gasteiger partial charge < -0.3 is 18.7 Å². The first-order valence-electron chi connectivity index (χ1n) is 9.74. The van der Waals surface area contributed by atoms with Crippen molar-refractivity contribution >= 4 is 30.5 Å². The summed E-state index contributed by atoms with van der Waals surface area (Å²) in [5.41, 5.74) is 1.07. The van der Waals surface area contributed by atoms with E-state index in [9.17, 15) is 0 Å². The number of hydrogen-bond donors (Lipinski definition) is 0. The number of alkyl halides is 1. The van der Waals surface area contributed by atoms with Crippen molar-refractivity contribution in [2.24, 2.45) is 5.16 Å². The van der Waals surface area contributed by atoms with Gasteiger partial charge >= 0.3 is 0 Å². The molecule has 1 fully saturated rings. The molecule has 5 nitrogen and oxygen atoms in total. The molecule has 0 radical (unpaired) electrons. The fourth-order valence-corrected chi connectivity index (χ4v) is 4.82. The van der Waals surface area contributed by atoms with Crippen LogP contribution in [0.5, 0.6) is 0 Å². The number of ether oxygens (including phenoxy) is 2. The highest BCUT2D eigenvalue weighted by molar-refractivity contribution is 9.09. The van der Waals surface area contributed by atoms with Gasteiger partial charge in [0.15, 0.2) is 14.1 Å². The third-order valence-electron chi connectivity index (χ3n) is 5.29. The molecule has 0 spiro atoms. The number of hydrogen-bond acceptors (Lipinski definition) is 5. The van der Waals surface area contributed by atoms with Gasteiger partial charge in [0.2, 0.25) is 0 Å². The standard InChI is InChI=1S/C21H34BrNO4Si/c1-20(2,3)28(6,7)27-17(13-22)19-18(25-21(4,5)26-19)14-23-24-15-16-11-9-8-10-12-16/h8-12,14,17-19H,13,15H2,1-7H3/b23-14+/t17-,18+,19-/m1/s1. The number of rotatable bonds is 8. The van der Waals surface area contributed by atoms with Gasteiger partial charge in [-0.1, -0.05) is 72.2 Å². The number of nitrogens with zero attached hydrogens (tertiary/aromatic N) is 1. The zero-order chi connectivity index (χ0) is 21.0. The Morgan fingerprint density at radius 2 is 1.86 bits per heavy atom. The molecule has 28 heavy (non-hydrogen) atoms. The molecule has 1 saturated heterocycles. The Bertz CT molecular complexity index is 646. The quantitative estimate of drug-likeness (QED) is 0.217. The fraction of sp³-hybridized carbons (Fsp3) is 0.667. The van der Waals surface area contributed by atoms with Crippen molar-refractivity contribution in [2.45, 2.75) is 83.5 Å². The van der Waals surface area contributed by atoms with E-state index in [1.54, 1.807) is 6.21 Å². The minimum Gasteiger partial charge on any atom is -0.410 e. The van der Waals surface area contributed by atoms with Gasteiger partial charge in [-0.3, -0.25) is 0 Å². The van der Waals surface area contributed by atoms with Crippen molar-refractivity contribution in [2.75, 3.05) is 5.33 Å². The van der Waals surface area contributed by atoms with Gasteiger partial charge in [-0.2, -0.15) is 0 Å². The molecule has 7 heteroatoms. The van der Waals surface area contributed by atoms with E-state index >= 15 is 0 Å². The molecule has 0 N–H and O–H groups in total. The average Bonchev–Trinajstić information content (AvgIpc) is 2.91. The molecule has 0 aliphatic carbocycles. The highest BCUT2D eigenvalue weighted by Gasteiger charge is 2.48. The first kappa shape index (κ1) is 23.5. The summed E-state index contributed by atoms with van der Waals surface area (Å²) >= 11 is 3.61. The summed E-state index contributed by atoms with van der Waals surface area (Å²) in [5.74, 6) is -0.696. The lowest BCUT2D eigenvalue weighted by Gasteiger charge is -2.40. The summed E-state index contributed by atoms with van der Waals surface area (Å²) in [4.78, 5) is 5.46. The van der Waals surface area contributed by atoms with Crippen molar-refractivity contribution in [3.05, 3.63) is 35.9 Å². The minimum absolute atomic E-state index is 0.116. The third-order valence-corrected chi connectivity index (χ3v) is 10.4. The highest BCUT2D eigenvalue weighted by Crippen LogP contribution is 2.39. The molecule has 0 aromatic heterocycles. The highest BCUT2D eigenvalue weighted by atomic mass is 79.9. The van der Waals surface area contributed by atoms with Crippen LogP contribution in [-0.2, 0) is 25.3 Å². The first-order chi connectivity index (χ1) is 13.0. The zero-order valence-electron chi connectivity index (χ0n) is 18.1. The van der Waals surface area contributed by atoms with Crippen molar-refractivity contribution < 1.29 is 18.7 Å². The molecule has 1 aliphatic rings. The SMILES string of the molecule is CC1(C)O[C@H]([C@@H](CBr)O[Si](C)(C)C(C)(C)C)[C@H](/C=N/OCc2ccccc2)O1. The zero-order valence-corrected chi connectivity index (χ0v) is 20.7. The van der Waals surface area contributed by atoms with E-state index in [2.05, 4.69) is 55.0 Å². The van der Waals surface area contributed by atoms with Crippen LogP contribution in [0.2, 0.25) is 18.1 Å². The molecule has 158 valence electrons. The van der Waals surface area contributed by atoms with E-state index in [0.717, 1.165) is 5.56 Å². The van der Waals surface area contributed by atoms with Gasteiger partial charge in [0.1, 0.15) is 18.8 Å². The van der Waals surface area contributed by atoms with Crippen LogP contribution in [-0.4, -0.2) is 44.0 Å². The Kier molecular flexibility index (Phi) is 7.89. The van der Waals surface area contributed by atoms with Crippen LogP contribution in [0.3, 0.4) is 0 Å². The van der Waals surface area contributed by atoms with Crippen LogP contribution < -0.4 is 0 Å². The van der Waals surface area contributed by atoms with Crippen molar-refractivity contribution in [1.82, 2.24) is 0 Å². The van der Waals surface area contributed by atoms with Crippen LogP contribution in [0.25, 0.3) is 0 Å². The number of halogens is 1. The minimum atomic E-state index is -1.96. The van der Waals surface area contributed by atoms with Crippen LogP contribution in [0, 0.1) is 0 Å². The second-order valence-electron chi connectivity index (χ2n) is 9.15. The average molecular weight is 472 g/mol. The summed E-state index contributed by atoms with van der Waals surface area (Å²) in [6.45, 7) is 15.4. The van der Waals surface area contributed by atoms with Gasteiger partial charge in [-0.25, -0.2) is 0 Å². The van der Waals surface area contributed by atoms with E-state index in [4.69, 9.17) is 18.7 Å². The Hall–Kier alpha value is -0.733. The van der Waals surface area contributed by atoms with Crippen molar-refractivity contribution in [3.8, 4) is 0 Å². The Morgan fingerprint density at radius 3 is 2.43 bits per heavy atom. The Morgan fingerprint density at radius 1 is 1.21 bits per heavy atom. The summed E-state index contributed by atoms with van der Waals surface area (Å²) in [7, 11) is -1.96. The van der Waals surface area contributed by atoms with Gasteiger partial charge in [0.05, 0.1) is 12.3 Å². The summed E-state index contributed by atoms with van der Waals surface area (Å²) in [6, 6.07) is 9.95. The number of benzene rings is 1. The van der Waals surface area contributed by atoms with Gasteiger partial charge in [-0.15, -0.1) is 0 Å². The molecular formula is C21H34BrNO4Si. The maximum atomic E-state index is 6.62. The molecule has 0 amide bonds. The monoisotopic (exact) mass is 471 g/mol. The second kappa shape index (κ2) is 9.39. The Balaban J connectivity index is 2.05. The van der Waals surface area contributed by atoms with Crippen LogP contribution in [0.15, 0.2) is 35.5 Å². The van der Waals surface area contributed by atoms with Crippen LogP contribution >= 0.6 is 15.9 Å². The molecule has 1 heterocycles. The van der Waals surface area contributed by atoms with E-state index in [0.29, 0.717) is 11.9 Å². The van der Waals surface area contributed by atoms with Crippen molar-refractivity contribution in [3.63, 3.8) is 0 Å². The molecule has 0 saturated carbocycles.